The fourth-order valence-electron chi connectivity index (χ4n) is 3.65. The number of hydrogen-bond acceptors (Lipinski definition) is 7. The van der Waals surface area contributed by atoms with Crippen molar-refractivity contribution < 1.29 is 14.3 Å². The Hall–Kier alpha value is -2.16. The van der Waals surface area contributed by atoms with Gasteiger partial charge >= 0.3 is 5.97 Å². The lowest BCUT2D eigenvalue weighted by molar-refractivity contribution is -0.139. The minimum absolute atomic E-state index is 0.0171. The summed E-state index contributed by atoms with van der Waals surface area (Å²) in [5, 5.41) is 0.654. The highest BCUT2D eigenvalue weighted by Crippen LogP contribution is 2.35. The lowest BCUT2D eigenvalue weighted by atomic mass is 9.91. The SMILES string of the molecule is CCOC(=O)CSc1nc2c(=O)c3c(sc2n1Cc1ccccc1)COC(C)(CC)C3. The number of carbonyl (C=O) groups is 1. The Kier molecular flexibility index (Phi) is 6.50. The second-order valence-electron chi connectivity index (χ2n) is 7.82. The zero-order chi connectivity index (χ0) is 22.0. The first-order valence-electron chi connectivity index (χ1n) is 10.5. The average molecular weight is 459 g/mol. The van der Waals surface area contributed by atoms with Crippen LogP contribution in [-0.4, -0.2) is 33.5 Å². The van der Waals surface area contributed by atoms with Gasteiger partial charge in [0.25, 0.3) is 0 Å². The standard InChI is InChI=1S/C23H26N2O4S2/c1-4-23(3)11-16-17(13-29-23)31-21-19(20(16)27)24-22(30-14-18(26)28-5-2)25(21)12-15-9-7-6-8-10-15/h6-10H,4-5,11-14H2,1-3H3. The Morgan fingerprint density at radius 3 is 2.81 bits per heavy atom. The molecule has 0 saturated carbocycles. The summed E-state index contributed by atoms with van der Waals surface area (Å²) in [6.45, 7) is 7.28. The molecular formula is C23H26N2O4S2. The van der Waals surface area contributed by atoms with E-state index in [1.54, 1.807) is 18.3 Å². The van der Waals surface area contributed by atoms with Gasteiger partial charge in [-0.05, 0) is 25.8 Å². The minimum Gasteiger partial charge on any atom is -0.465 e. The van der Waals surface area contributed by atoms with E-state index < -0.39 is 0 Å². The Morgan fingerprint density at radius 1 is 1.32 bits per heavy atom. The van der Waals surface area contributed by atoms with Crippen molar-refractivity contribution in [3.8, 4) is 0 Å². The van der Waals surface area contributed by atoms with Crippen LogP contribution < -0.4 is 5.43 Å². The van der Waals surface area contributed by atoms with Crippen LogP contribution in [0.2, 0.25) is 0 Å². The van der Waals surface area contributed by atoms with Crippen molar-refractivity contribution in [1.29, 1.82) is 0 Å². The largest absolute Gasteiger partial charge is 0.465 e. The van der Waals surface area contributed by atoms with Crippen LogP contribution in [0.15, 0.2) is 40.3 Å². The molecule has 0 radical (unpaired) electrons. The van der Waals surface area contributed by atoms with Gasteiger partial charge in [0.15, 0.2) is 5.16 Å². The molecular weight excluding hydrogens is 432 g/mol. The van der Waals surface area contributed by atoms with E-state index in [0.717, 1.165) is 27.3 Å². The second kappa shape index (κ2) is 9.14. The number of aromatic nitrogens is 2. The van der Waals surface area contributed by atoms with E-state index in [0.29, 0.717) is 36.9 Å². The maximum absolute atomic E-state index is 13.4. The van der Waals surface area contributed by atoms with Crippen LogP contribution in [0, 0.1) is 0 Å². The topological polar surface area (TPSA) is 70.4 Å². The third-order valence-corrected chi connectivity index (χ3v) is 7.76. The number of ether oxygens (including phenoxy) is 2. The summed E-state index contributed by atoms with van der Waals surface area (Å²) in [6.07, 6.45) is 1.44. The Morgan fingerprint density at radius 2 is 2.10 bits per heavy atom. The van der Waals surface area contributed by atoms with E-state index in [4.69, 9.17) is 14.5 Å². The lowest BCUT2D eigenvalue weighted by Gasteiger charge is -2.33. The molecule has 3 heterocycles. The lowest BCUT2D eigenvalue weighted by Crippen LogP contribution is -2.37. The Balaban J connectivity index is 1.79. The van der Waals surface area contributed by atoms with Gasteiger partial charge in [0.05, 0.1) is 31.1 Å². The van der Waals surface area contributed by atoms with E-state index in [-0.39, 0.29) is 22.8 Å². The summed E-state index contributed by atoms with van der Waals surface area (Å²) in [6, 6.07) is 10.0. The highest BCUT2D eigenvalue weighted by molar-refractivity contribution is 7.99. The van der Waals surface area contributed by atoms with Gasteiger partial charge in [0, 0.05) is 16.9 Å². The molecule has 1 aromatic carbocycles. The number of carbonyl (C=O) groups excluding carboxylic acids is 1. The molecule has 0 fully saturated rings. The van der Waals surface area contributed by atoms with Crippen molar-refractivity contribution in [2.24, 2.45) is 0 Å². The van der Waals surface area contributed by atoms with E-state index >= 15 is 0 Å². The van der Waals surface area contributed by atoms with E-state index in [1.165, 1.54) is 11.8 Å². The summed E-state index contributed by atoms with van der Waals surface area (Å²) in [5.74, 6) is -0.134. The highest BCUT2D eigenvalue weighted by Gasteiger charge is 2.33. The van der Waals surface area contributed by atoms with Crippen LogP contribution in [0.1, 0.15) is 43.2 Å². The van der Waals surface area contributed by atoms with Gasteiger partial charge in [-0.2, -0.15) is 0 Å². The quantitative estimate of drug-likeness (QED) is 0.386. The molecule has 2 aromatic heterocycles. The molecule has 4 rings (SSSR count). The maximum Gasteiger partial charge on any atom is 0.316 e. The summed E-state index contributed by atoms with van der Waals surface area (Å²) in [5.41, 5.74) is 2.06. The molecule has 3 aromatic rings. The van der Waals surface area contributed by atoms with E-state index in [2.05, 4.69) is 13.8 Å². The number of nitrogens with zero attached hydrogens (tertiary/aromatic N) is 2. The first-order valence-corrected chi connectivity index (χ1v) is 12.3. The first-order chi connectivity index (χ1) is 14.9. The molecule has 8 heteroatoms. The zero-order valence-electron chi connectivity index (χ0n) is 18.0. The van der Waals surface area contributed by atoms with Crippen LogP contribution >= 0.6 is 23.1 Å². The minimum atomic E-state index is -0.319. The molecule has 1 atom stereocenters. The van der Waals surface area contributed by atoms with Gasteiger partial charge in [-0.25, -0.2) is 4.98 Å². The van der Waals surface area contributed by atoms with E-state index in [1.807, 2.05) is 34.9 Å². The number of imidazole rings is 1. The van der Waals surface area contributed by atoms with Gasteiger partial charge in [-0.3, -0.25) is 9.59 Å². The molecule has 6 nitrogen and oxygen atoms in total. The molecule has 0 N–H and O–H groups in total. The third kappa shape index (κ3) is 4.56. The molecule has 0 spiro atoms. The predicted octanol–water partition coefficient (Wildman–Crippen LogP) is 4.40. The maximum atomic E-state index is 13.4. The number of thioether (sulfide) groups is 1. The summed E-state index contributed by atoms with van der Waals surface area (Å²) < 4.78 is 13.2. The fraction of sp³-hybridized carbons (Fsp3) is 0.435. The van der Waals surface area contributed by atoms with Crippen molar-refractivity contribution in [2.45, 2.75) is 57.5 Å². The van der Waals surface area contributed by atoms with Crippen molar-refractivity contribution in [1.82, 2.24) is 9.55 Å². The normalized spacial score (nSPS) is 18.2. The van der Waals surface area contributed by atoms with Crippen molar-refractivity contribution in [3.63, 3.8) is 0 Å². The molecule has 1 aliphatic rings. The molecule has 164 valence electrons. The third-order valence-electron chi connectivity index (χ3n) is 5.59. The van der Waals surface area contributed by atoms with Gasteiger partial charge in [-0.1, -0.05) is 49.0 Å². The summed E-state index contributed by atoms with van der Waals surface area (Å²) in [4.78, 5) is 31.8. The molecule has 0 amide bonds. The van der Waals surface area contributed by atoms with Crippen LogP contribution in [0.5, 0.6) is 0 Å². The number of hydrogen-bond donors (Lipinski definition) is 0. The highest BCUT2D eigenvalue weighted by atomic mass is 32.2. The smallest absolute Gasteiger partial charge is 0.316 e. The molecule has 0 saturated heterocycles. The van der Waals surface area contributed by atoms with Gasteiger partial charge in [0.1, 0.15) is 10.3 Å². The predicted molar refractivity (Wildman–Crippen MR) is 124 cm³/mol. The molecule has 1 aliphatic heterocycles. The van der Waals surface area contributed by atoms with Crippen LogP contribution in [-0.2, 0) is 33.8 Å². The Bertz CT molecular complexity index is 1160. The monoisotopic (exact) mass is 458 g/mol. The van der Waals surface area contributed by atoms with Gasteiger partial charge in [0.2, 0.25) is 5.43 Å². The second-order valence-corrected chi connectivity index (χ2v) is 9.84. The van der Waals surface area contributed by atoms with Gasteiger partial charge < -0.3 is 14.0 Å². The summed E-state index contributed by atoms with van der Waals surface area (Å²) in [7, 11) is 0. The first kappa shape index (κ1) is 22.0. The number of esters is 1. The van der Waals surface area contributed by atoms with E-state index in [9.17, 15) is 9.59 Å². The van der Waals surface area contributed by atoms with Gasteiger partial charge in [-0.15, -0.1) is 11.3 Å². The van der Waals surface area contributed by atoms with Crippen molar-refractivity contribution in [3.05, 3.63) is 56.6 Å². The van der Waals surface area contributed by atoms with Crippen LogP contribution in [0.4, 0.5) is 0 Å². The number of rotatable bonds is 7. The molecule has 0 aliphatic carbocycles. The molecule has 1 unspecified atom stereocenters. The zero-order valence-corrected chi connectivity index (χ0v) is 19.6. The van der Waals surface area contributed by atoms with Crippen LogP contribution in [0.3, 0.4) is 0 Å². The fourth-order valence-corrected chi connectivity index (χ4v) is 5.64. The Labute approximate surface area is 189 Å². The molecule has 31 heavy (non-hydrogen) atoms. The van der Waals surface area contributed by atoms with Crippen molar-refractivity contribution in [2.75, 3.05) is 12.4 Å². The number of benzene rings is 1. The van der Waals surface area contributed by atoms with Crippen molar-refractivity contribution >= 4 is 39.4 Å². The number of fused-ring (bicyclic) bond motifs is 2. The average Bonchev–Trinajstić information content (AvgIpc) is 3.11. The van der Waals surface area contributed by atoms with Crippen LogP contribution in [0.25, 0.3) is 10.3 Å². The molecule has 0 bridgehead atoms. The summed E-state index contributed by atoms with van der Waals surface area (Å²) >= 11 is 2.88.